The summed E-state index contributed by atoms with van der Waals surface area (Å²) in [6.07, 6.45) is -3.47. The molecule has 0 aliphatic carbocycles. The third kappa shape index (κ3) is 2.76. The summed E-state index contributed by atoms with van der Waals surface area (Å²) in [6.45, 7) is 2.62. The highest BCUT2D eigenvalue weighted by molar-refractivity contribution is 5.53. The molecule has 0 bridgehead atoms. The van der Waals surface area contributed by atoms with Crippen molar-refractivity contribution in [1.29, 1.82) is 0 Å². The predicted molar refractivity (Wildman–Crippen MR) is 71.3 cm³/mol. The van der Waals surface area contributed by atoms with Crippen LogP contribution in [0.1, 0.15) is 24.5 Å². The van der Waals surface area contributed by atoms with Gasteiger partial charge in [0.15, 0.2) is 0 Å². The fraction of sp³-hybridized carbons (Fsp3) is 0.571. The molecule has 1 aliphatic rings. The van der Waals surface area contributed by atoms with Gasteiger partial charge in [-0.25, -0.2) is 0 Å². The first-order valence-corrected chi connectivity index (χ1v) is 6.66. The van der Waals surface area contributed by atoms with Gasteiger partial charge in [0, 0.05) is 18.8 Å². The second-order valence-corrected chi connectivity index (χ2v) is 5.25. The topological polar surface area (TPSA) is 49.5 Å². The lowest BCUT2D eigenvalue weighted by Crippen LogP contribution is -2.35. The fourth-order valence-corrected chi connectivity index (χ4v) is 2.81. The van der Waals surface area contributed by atoms with Crippen molar-refractivity contribution in [2.45, 2.75) is 32.1 Å². The van der Waals surface area contributed by atoms with Crippen molar-refractivity contribution in [2.24, 2.45) is 11.7 Å². The lowest BCUT2D eigenvalue weighted by Gasteiger charge is -2.28. The van der Waals surface area contributed by atoms with Gasteiger partial charge in [-0.15, -0.1) is 0 Å². The van der Waals surface area contributed by atoms with E-state index in [2.05, 4.69) is 0 Å². The highest BCUT2D eigenvalue weighted by atomic mass is 19.4. The van der Waals surface area contributed by atoms with Crippen LogP contribution in [0.5, 0.6) is 0 Å². The highest BCUT2D eigenvalue weighted by Crippen LogP contribution is 2.36. The van der Waals surface area contributed by atoms with Crippen LogP contribution >= 0.6 is 0 Å². The van der Waals surface area contributed by atoms with Gasteiger partial charge in [-0.1, -0.05) is 6.92 Å². The van der Waals surface area contributed by atoms with Crippen LogP contribution in [0, 0.1) is 5.92 Å². The number of aliphatic hydroxyl groups excluding tert-OH is 1. The molecule has 3 nitrogen and oxygen atoms in total. The number of aliphatic hydroxyl groups is 1. The van der Waals surface area contributed by atoms with Crippen LogP contribution in [0.2, 0.25) is 0 Å². The van der Waals surface area contributed by atoms with Crippen molar-refractivity contribution >= 4 is 5.69 Å². The maximum atomic E-state index is 12.8. The fourth-order valence-electron chi connectivity index (χ4n) is 2.81. The molecule has 2 unspecified atom stereocenters. The van der Waals surface area contributed by atoms with E-state index in [1.807, 2.05) is 11.8 Å². The predicted octanol–water partition coefficient (Wildman–Crippen LogP) is 2.37. The van der Waals surface area contributed by atoms with Crippen molar-refractivity contribution in [3.8, 4) is 0 Å². The Balaban J connectivity index is 2.35. The minimum absolute atomic E-state index is 0.000146. The number of halogens is 3. The maximum absolute atomic E-state index is 12.8. The normalized spacial score (nSPS) is 23.4. The zero-order valence-electron chi connectivity index (χ0n) is 11.3. The lowest BCUT2D eigenvalue weighted by atomic mass is 10.0. The van der Waals surface area contributed by atoms with E-state index >= 15 is 0 Å². The Labute approximate surface area is 116 Å². The average molecular weight is 288 g/mol. The van der Waals surface area contributed by atoms with Gasteiger partial charge in [0.05, 0.1) is 18.2 Å². The molecule has 1 aliphatic heterocycles. The number of benzene rings is 1. The van der Waals surface area contributed by atoms with Crippen LogP contribution in [0.3, 0.4) is 0 Å². The zero-order chi connectivity index (χ0) is 14.9. The Morgan fingerprint density at radius 2 is 2.10 bits per heavy atom. The molecular weight excluding hydrogens is 269 g/mol. The summed E-state index contributed by atoms with van der Waals surface area (Å²) in [4.78, 5) is 1.96. The summed E-state index contributed by atoms with van der Waals surface area (Å²) < 4.78 is 38.5. The van der Waals surface area contributed by atoms with Gasteiger partial charge in [-0.2, -0.15) is 13.2 Å². The SMILES string of the molecule is CC1CCN(c2ccc(C(F)(F)F)c(CN)c2)C1CO. The molecule has 0 saturated carbocycles. The molecule has 2 atom stereocenters. The highest BCUT2D eigenvalue weighted by Gasteiger charge is 2.35. The molecule has 0 amide bonds. The molecule has 0 spiro atoms. The van der Waals surface area contributed by atoms with Gasteiger partial charge < -0.3 is 15.7 Å². The molecule has 3 N–H and O–H groups in total. The summed E-state index contributed by atoms with van der Waals surface area (Å²) in [5.41, 5.74) is 5.54. The molecule has 1 saturated heterocycles. The monoisotopic (exact) mass is 288 g/mol. The van der Waals surface area contributed by atoms with Crippen molar-refractivity contribution in [3.63, 3.8) is 0 Å². The van der Waals surface area contributed by atoms with Crippen molar-refractivity contribution in [1.82, 2.24) is 0 Å². The first kappa shape index (κ1) is 15.1. The quantitative estimate of drug-likeness (QED) is 0.898. The molecule has 2 rings (SSSR count). The number of hydrogen-bond donors (Lipinski definition) is 2. The maximum Gasteiger partial charge on any atom is 0.416 e. The summed E-state index contributed by atoms with van der Waals surface area (Å²) in [7, 11) is 0. The van der Waals surface area contributed by atoms with Crippen molar-refractivity contribution in [3.05, 3.63) is 29.3 Å². The molecule has 6 heteroatoms. The first-order chi connectivity index (χ1) is 9.38. The largest absolute Gasteiger partial charge is 0.416 e. The van der Waals surface area contributed by atoms with Crippen LogP contribution in [0.15, 0.2) is 18.2 Å². The summed E-state index contributed by atoms with van der Waals surface area (Å²) in [6, 6.07) is 3.98. The van der Waals surface area contributed by atoms with E-state index in [4.69, 9.17) is 5.73 Å². The van der Waals surface area contributed by atoms with E-state index in [9.17, 15) is 18.3 Å². The van der Waals surface area contributed by atoms with E-state index in [0.717, 1.165) is 19.0 Å². The summed E-state index contributed by atoms with van der Waals surface area (Å²) in [5.74, 6) is 0.323. The average Bonchev–Trinajstić information content (AvgIpc) is 2.78. The molecule has 0 radical (unpaired) electrons. The van der Waals surface area contributed by atoms with Crippen LogP contribution in [-0.2, 0) is 12.7 Å². The Morgan fingerprint density at radius 1 is 1.40 bits per heavy atom. The second kappa shape index (κ2) is 5.61. The molecule has 112 valence electrons. The number of alkyl halides is 3. The van der Waals surface area contributed by atoms with E-state index in [-0.39, 0.29) is 24.8 Å². The van der Waals surface area contributed by atoms with Gasteiger partial charge in [0.1, 0.15) is 0 Å². The second-order valence-electron chi connectivity index (χ2n) is 5.25. The van der Waals surface area contributed by atoms with Crippen LogP contribution in [0.25, 0.3) is 0 Å². The lowest BCUT2D eigenvalue weighted by molar-refractivity contribution is -0.138. The number of anilines is 1. The molecule has 0 aromatic heterocycles. The van der Waals surface area contributed by atoms with Crippen LogP contribution < -0.4 is 10.6 Å². The van der Waals surface area contributed by atoms with E-state index in [1.54, 1.807) is 0 Å². The number of rotatable bonds is 3. The number of hydrogen-bond acceptors (Lipinski definition) is 3. The van der Waals surface area contributed by atoms with Gasteiger partial charge in [0.25, 0.3) is 0 Å². The van der Waals surface area contributed by atoms with Gasteiger partial charge in [0.2, 0.25) is 0 Å². The summed E-state index contributed by atoms with van der Waals surface area (Å²) in [5, 5.41) is 9.43. The third-order valence-electron chi connectivity index (χ3n) is 4.02. The zero-order valence-corrected chi connectivity index (χ0v) is 11.3. The molecule has 1 aromatic carbocycles. The first-order valence-electron chi connectivity index (χ1n) is 6.66. The van der Waals surface area contributed by atoms with Crippen molar-refractivity contribution in [2.75, 3.05) is 18.1 Å². The molecule has 1 fully saturated rings. The Kier molecular flexibility index (Phi) is 4.25. The van der Waals surface area contributed by atoms with E-state index in [0.29, 0.717) is 11.6 Å². The Bertz CT molecular complexity index is 476. The number of nitrogens with zero attached hydrogens (tertiary/aromatic N) is 1. The van der Waals surface area contributed by atoms with Crippen molar-refractivity contribution < 1.29 is 18.3 Å². The van der Waals surface area contributed by atoms with E-state index < -0.39 is 11.7 Å². The minimum Gasteiger partial charge on any atom is -0.394 e. The van der Waals surface area contributed by atoms with Gasteiger partial charge in [-0.05, 0) is 36.1 Å². The van der Waals surface area contributed by atoms with Crippen LogP contribution in [-0.4, -0.2) is 24.3 Å². The van der Waals surface area contributed by atoms with Gasteiger partial charge in [-0.3, -0.25) is 0 Å². The molecule has 1 heterocycles. The minimum atomic E-state index is -4.39. The van der Waals surface area contributed by atoms with Crippen LogP contribution in [0.4, 0.5) is 18.9 Å². The Hall–Kier alpha value is -1.27. The molecular formula is C14H19F3N2O. The smallest absolute Gasteiger partial charge is 0.394 e. The molecule has 20 heavy (non-hydrogen) atoms. The summed E-state index contributed by atoms with van der Waals surface area (Å²) >= 11 is 0. The standard InChI is InChI=1S/C14H19F3N2O/c1-9-4-5-19(13(9)8-20)11-2-3-12(14(15,16)17)10(6-11)7-18/h2-3,6,9,13,20H,4-5,7-8,18H2,1H3. The van der Waals surface area contributed by atoms with Gasteiger partial charge >= 0.3 is 6.18 Å². The van der Waals surface area contributed by atoms with E-state index in [1.165, 1.54) is 12.1 Å². The number of nitrogens with two attached hydrogens (primary N) is 1. The Morgan fingerprint density at radius 3 is 2.65 bits per heavy atom. The third-order valence-corrected chi connectivity index (χ3v) is 4.02. The molecule has 1 aromatic rings.